The van der Waals surface area contributed by atoms with Crippen LogP contribution in [0.25, 0.3) is 0 Å². The molecular weight excluding hydrogens is 186 g/mol. The molecule has 0 heterocycles. The molecule has 0 bridgehead atoms. The Balaban J connectivity index is 2.62. The Bertz CT molecular complexity index is 279. The zero-order valence-corrected chi connectivity index (χ0v) is 10.1. The molecule has 0 atom stereocenters. The predicted molar refractivity (Wildman–Crippen MR) is 68.0 cm³/mol. The Labute approximate surface area is 92.7 Å². The van der Waals surface area contributed by atoms with E-state index in [0.717, 1.165) is 13.1 Å². The summed E-state index contributed by atoms with van der Waals surface area (Å²) >= 11 is 0. The lowest BCUT2D eigenvalue weighted by Crippen LogP contribution is -2.26. The molecule has 0 spiro atoms. The average Bonchev–Trinajstić information content (AvgIpc) is 2.26. The maximum Gasteiger partial charge on any atom is 0.0365 e. The van der Waals surface area contributed by atoms with Crippen molar-refractivity contribution in [3.05, 3.63) is 24.3 Å². The lowest BCUT2D eigenvalue weighted by Gasteiger charge is -2.20. The van der Waals surface area contributed by atoms with E-state index < -0.39 is 0 Å². The summed E-state index contributed by atoms with van der Waals surface area (Å²) in [4.78, 5) is 4.35. The molecule has 0 aliphatic rings. The van der Waals surface area contributed by atoms with Gasteiger partial charge in [0.05, 0.1) is 0 Å². The molecule has 0 fully saturated rings. The highest BCUT2D eigenvalue weighted by atomic mass is 15.1. The fourth-order valence-electron chi connectivity index (χ4n) is 1.41. The minimum atomic E-state index is 1.01. The molecule has 0 saturated carbocycles. The van der Waals surface area contributed by atoms with Crippen molar-refractivity contribution >= 4 is 11.4 Å². The van der Waals surface area contributed by atoms with Crippen molar-refractivity contribution in [2.24, 2.45) is 0 Å². The molecule has 15 heavy (non-hydrogen) atoms. The first-order chi connectivity index (χ1) is 7.15. The summed E-state index contributed by atoms with van der Waals surface area (Å²) in [7, 11) is 8.20. The van der Waals surface area contributed by atoms with E-state index in [0.29, 0.717) is 0 Å². The number of nitrogens with zero attached hydrogens (tertiary/aromatic N) is 2. The molecule has 1 aromatic rings. The van der Waals surface area contributed by atoms with E-state index in [-0.39, 0.29) is 0 Å². The Hall–Kier alpha value is -1.22. The largest absolute Gasteiger partial charge is 0.378 e. The van der Waals surface area contributed by atoms with Crippen LogP contribution in [0.2, 0.25) is 0 Å². The second kappa shape index (κ2) is 5.61. The van der Waals surface area contributed by atoms with Crippen molar-refractivity contribution in [1.29, 1.82) is 0 Å². The van der Waals surface area contributed by atoms with E-state index in [1.165, 1.54) is 11.4 Å². The first-order valence-corrected chi connectivity index (χ1v) is 5.28. The van der Waals surface area contributed by atoms with Crippen LogP contribution in [0.3, 0.4) is 0 Å². The van der Waals surface area contributed by atoms with Gasteiger partial charge in [-0.05, 0) is 31.3 Å². The summed E-state index contributed by atoms with van der Waals surface area (Å²) in [6, 6.07) is 8.60. The van der Waals surface area contributed by atoms with Crippen LogP contribution < -0.4 is 15.1 Å². The van der Waals surface area contributed by atoms with Crippen LogP contribution >= 0.6 is 0 Å². The first-order valence-electron chi connectivity index (χ1n) is 5.28. The second-order valence-corrected chi connectivity index (χ2v) is 3.94. The van der Waals surface area contributed by atoms with Gasteiger partial charge >= 0.3 is 0 Å². The maximum atomic E-state index is 3.15. The van der Waals surface area contributed by atoms with Crippen LogP contribution in [0, 0.1) is 0 Å². The van der Waals surface area contributed by atoms with E-state index in [4.69, 9.17) is 0 Å². The van der Waals surface area contributed by atoms with Crippen molar-refractivity contribution in [3.63, 3.8) is 0 Å². The van der Waals surface area contributed by atoms with Crippen LogP contribution in [0.4, 0.5) is 11.4 Å². The third-order valence-corrected chi connectivity index (χ3v) is 2.50. The summed E-state index contributed by atoms with van der Waals surface area (Å²) in [5, 5.41) is 3.15. The highest BCUT2D eigenvalue weighted by Crippen LogP contribution is 2.17. The van der Waals surface area contributed by atoms with Gasteiger partial charge in [0.15, 0.2) is 0 Å². The predicted octanol–water partition coefficient (Wildman–Crippen LogP) is 1.41. The smallest absolute Gasteiger partial charge is 0.0365 e. The number of hydrogen-bond donors (Lipinski definition) is 1. The normalized spacial score (nSPS) is 10.1. The minimum Gasteiger partial charge on any atom is -0.378 e. The van der Waals surface area contributed by atoms with Crippen molar-refractivity contribution < 1.29 is 0 Å². The summed E-state index contributed by atoms with van der Waals surface area (Å²) in [5.41, 5.74) is 2.50. The number of anilines is 2. The fraction of sp³-hybridized carbons (Fsp3) is 0.500. The summed E-state index contributed by atoms with van der Waals surface area (Å²) in [5.74, 6) is 0. The van der Waals surface area contributed by atoms with Crippen molar-refractivity contribution in [2.75, 3.05) is 51.1 Å². The molecule has 0 aliphatic carbocycles. The van der Waals surface area contributed by atoms with Gasteiger partial charge in [-0.25, -0.2) is 0 Å². The van der Waals surface area contributed by atoms with Gasteiger partial charge in [-0.3, -0.25) is 0 Å². The summed E-state index contributed by atoms with van der Waals surface area (Å²) in [6.45, 7) is 2.03. The first kappa shape index (κ1) is 11.9. The molecular formula is C12H21N3. The van der Waals surface area contributed by atoms with E-state index in [1.807, 2.05) is 7.05 Å². The van der Waals surface area contributed by atoms with Crippen molar-refractivity contribution in [2.45, 2.75) is 0 Å². The Kier molecular flexibility index (Phi) is 4.43. The molecule has 84 valence electrons. The van der Waals surface area contributed by atoms with E-state index in [2.05, 4.69) is 60.5 Å². The van der Waals surface area contributed by atoms with Crippen molar-refractivity contribution in [1.82, 2.24) is 5.32 Å². The highest BCUT2D eigenvalue weighted by Gasteiger charge is 2.00. The Morgan fingerprint density at radius 1 is 1.00 bits per heavy atom. The molecule has 0 aliphatic heterocycles. The van der Waals surface area contributed by atoms with E-state index in [1.54, 1.807) is 0 Å². The zero-order valence-electron chi connectivity index (χ0n) is 10.1. The second-order valence-electron chi connectivity index (χ2n) is 3.94. The van der Waals surface area contributed by atoms with Gasteiger partial charge < -0.3 is 15.1 Å². The monoisotopic (exact) mass is 207 g/mol. The lowest BCUT2D eigenvalue weighted by molar-refractivity contribution is 0.768. The third-order valence-electron chi connectivity index (χ3n) is 2.50. The lowest BCUT2D eigenvalue weighted by atomic mass is 10.2. The maximum absolute atomic E-state index is 3.15. The molecule has 1 N–H and O–H groups in total. The number of rotatable bonds is 5. The van der Waals surface area contributed by atoms with E-state index in [9.17, 15) is 0 Å². The van der Waals surface area contributed by atoms with Gasteiger partial charge in [0, 0.05) is 45.6 Å². The molecule has 0 aromatic heterocycles. The Morgan fingerprint density at radius 2 is 1.53 bits per heavy atom. The minimum absolute atomic E-state index is 1.01. The molecule has 0 amide bonds. The van der Waals surface area contributed by atoms with Gasteiger partial charge in [-0.1, -0.05) is 0 Å². The average molecular weight is 207 g/mol. The highest BCUT2D eigenvalue weighted by molar-refractivity contribution is 5.55. The molecule has 1 rings (SSSR count). The van der Waals surface area contributed by atoms with Gasteiger partial charge in [0.2, 0.25) is 0 Å². The van der Waals surface area contributed by atoms with Gasteiger partial charge in [0.25, 0.3) is 0 Å². The van der Waals surface area contributed by atoms with Gasteiger partial charge in [-0.15, -0.1) is 0 Å². The molecule has 0 radical (unpaired) electrons. The number of hydrogen-bond acceptors (Lipinski definition) is 3. The topological polar surface area (TPSA) is 18.5 Å². The molecule has 0 saturated heterocycles. The van der Waals surface area contributed by atoms with Crippen molar-refractivity contribution in [3.8, 4) is 0 Å². The van der Waals surface area contributed by atoms with Crippen LogP contribution in [0.5, 0.6) is 0 Å². The number of nitrogens with one attached hydrogen (secondary N) is 1. The number of benzene rings is 1. The molecule has 0 unspecified atom stereocenters. The van der Waals surface area contributed by atoms with E-state index >= 15 is 0 Å². The molecule has 3 heteroatoms. The molecule has 3 nitrogen and oxygen atoms in total. The van der Waals surface area contributed by atoms with Crippen LogP contribution in [-0.2, 0) is 0 Å². The zero-order chi connectivity index (χ0) is 11.3. The van der Waals surface area contributed by atoms with Crippen LogP contribution in [0.15, 0.2) is 24.3 Å². The summed E-state index contributed by atoms with van der Waals surface area (Å²) in [6.07, 6.45) is 0. The molecule has 1 aromatic carbocycles. The third kappa shape index (κ3) is 3.44. The van der Waals surface area contributed by atoms with Crippen LogP contribution in [-0.4, -0.2) is 41.3 Å². The van der Waals surface area contributed by atoms with Crippen LogP contribution in [0.1, 0.15) is 0 Å². The van der Waals surface area contributed by atoms with Gasteiger partial charge in [-0.2, -0.15) is 0 Å². The number of likely N-dealkylation sites (N-methyl/N-ethyl adjacent to an activating group) is 2. The quantitative estimate of drug-likeness (QED) is 0.787. The SMILES string of the molecule is CNCCN(C)c1ccc(N(C)C)cc1. The standard InChI is InChI=1S/C12H21N3/c1-13-9-10-15(4)12-7-5-11(6-8-12)14(2)3/h5-8,13H,9-10H2,1-4H3. The summed E-state index contributed by atoms with van der Waals surface area (Å²) < 4.78 is 0. The van der Waals surface area contributed by atoms with Gasteiger partial charge in [0.1, 0.15) is 0 Å². The Morgan fingerprint density at radius 3 is 2.00 bits per heavy atom. The fourth-order valence-corrected chi connectivity index (χ4v) is 1.41.